The SMILES string of the molecule is COc1cc(C(=O)N(CCc2cccc(F)c2)CC(=O)O)cc2c1O[C@@](C)(Cc1ccc(Cl)cc1)C2. The number of benzene rings is 3. The summed E-state index contributed by atoms with van der Waals surface area (Å²) in [6, 6.07) is 16.9. The number of hydrogen-bond donors (Lipinski definition) is 1. The van der Waals surface area contributed by atoms with Crippen LogP contribution in [-0.2, 0) is 24.1 Å². The van der Waals surface area contributed by atoms with Gasteiger partial charge in [-0.2, -0.15) is 0 Å². The van der Waals surface area contributed by atoms with Crippen molar-refractivity contribution < 1.29 is 28.6 Å². The summed E-state index contributed by atoms with van der Waals surface area (Å²) in [7, 11) is 1.50. The highest BCUT2D eigenvalue weighted by atomic mass is 35.5. The fourth-order valence-electron chi connectivity index (χ4n) is 4.55. The van der Waals surface area contributed by atoms with Crippen molar-refractivity contribution in [1.82, 2.24) is 4.90 Å². The number of hydrogen-bond acceptors (Lipinski definition) is 4. The zero-order chi connectivity index (χ0) is 25.9. The third kappa shape index (κ3) is 5.97. The number of rotatable bonds is 9. The molecule has 8 heteroatoms. The Kier molecular flexibility index (Phi) is 7.50. The highest BCUT2D eigenvalue weighted by Gasteiger charge is 2.38. The van der Waals surface area contributed by atoms with E-state index in [2.05, 4.69) is 0 Å². The molecule has 1 aliphatic heterocycles. The average Bonchev–Trinajstić information content (AvgIpc) is 3.17. The second-order valence-electron chi connectivity index (χ2n) is 9.20. The van der Waals surface area contributed by atoms with Gasteiger partial charge in [-0.25, -0.2) is 4.39 Å². The van der Waals surface area contributed by atoms with Crippen LogP contribution < -0.4 is 9.47 Å². The molecule has 0 unspecified atom stereocenters. The molecule has 3 aromatic carbocycles. The smallest absolute Gasteiger partial charge is 0.323 e. The van der Waals surface area contributed by atoms with Crippen LogP contribution in [0, 0.1) is 5.82 Å². The third-order valence-electron chi connectivity index (χ3n) is 6.18. The minimum atomic E-state index is -1.13. The summed E-state index contributed by atoms with van der Waals surface area (Å²) in [6.45, 7) is 1.65. The molecule has 1 aliphatic rings. The van der Waals surface area contributed by atoms with E-state index in [0.29, 0.717) is 46.9 Å². The van der Waals surface area contributed by atoms with Gasteiger partial charge in [0.15, 0.2) is 11.5 Å². The number of ether oxygens (including phenoxy) is 2. The topological polar surface area (TPSA) is 76.1 Å². The summed E-state index contributed by atoms with van der Waals surface area (Å²) in [5, 5.41) is 10.1. The molecule has 188 valence electrons. The van der Waals surface area contributed by atoms with Gasteiger partial charge in [0.25, 0.3) is 5.91 Å². The van der Waals surface area contributed by atoms with Crippen LogP contribution >= 0.6 is 11.6 Å². The van der Waals surface area contributed by atoms with Gasteiger partial charge in [-0.05, 0) is 60.9 Å². The third-order valence-corrected chi connectivity index (χ3v) is 6.43. The predicted molar refractivity (Wildman–Crippen MR) is 135 cm³/mol. The maximum atomic E-state index is 13.5. The lowest BCUT2D eigenvalue weighted by Gasteiger charge is -2.24. The van der Waals surface area contributed by atoms with E-state index in [-0.39, 0.29) is 12.4 Å². The van der Waals surface area contributed by atoms with Crippen LogP contribution in [-0.4, -0.2) is 47.7 Å². The number of carbonyl (C=O) groups is 2. The molecule has 36 heavy (non-hydrogen) atoms. The number of amides is 1. The summed E-state index contributed by atoms with van der Waals surface area (Å²) in [6.07, 6.45) is 1.50. The van der Waals surface area contributed by atoms with Gasteiger partial charge >= 0.3 is 5.97 Å². The number of methoxy groups -OCH3 is 1. The molecule has 1 atom stereocenters. The van der Waals surface area contributed by atoms with Gasteiger partial charge in [0.05, 0.1) is 7.11 Å². The molecule has 1 N–H and O–H groups in total. The van der Waals surface area contributed by atoms with Crippen LogP contribution in [0.1, 0.15) is 34.0 Å². The normalized spacial score (nSPS) is 16.2. The first-order valence-corrected chi connectivity index (χ1v) is 11.9. The molecule has 0 fully saturated rings. The van der Waals surface area contributed by atoms with Crippen LogP contribution in [0.15, 0.2) is 60.7 Å². The van der Waals surface area contributed by atoms with E-state index >= 15 is 0 Å². The Morgan fingerprint density at radius 2 is 1.89 bits per heavy atom. The van der Waals surface area contributed by atoms with Crippen molar-refractivity contribution in [2.24, 2.45) is 0 Å². The first-order valence-electron chi connectivity index (χ1n) is 11.6. The number of nitrogens with zero attached hydrogens (tertiary/aromatic N) is 1. The van der Waals surface area contributed by atoms with Crippen LogP contribution in [0.25, 0.3) is 0 Å². The second-order valence-corrected chi connectivity index (χ2v) is 9.64. The molecule has 0 spiro atoms. The van der Waals surface area contributed by atoms with E-state index < -0.39 is 24.0 Å². The molecule has 0 radical (unpaired) electrons. The van der Waals surface area contributed by atoms with E-state index in [0.717, 1.165) is 11.1 Å². The van der Waals surface area contributed by atoms with Crippen molar-refractivity contribution in [2.45, 2.75) is 31.8 Å². The first-order chi connectivity index (χ1) is 17.2. The van der Waals surface area contributed by atoms with Crippen molar-refractivity contribution in [3.05, 3.63) is 93.8 Å². The quantitative estimate of drug-likeness (QED) is 0.427. The Labute approximate surface area is 214 Å². The summed E-state index contributed by atoms with van der Waals surface area (Å²) in [5.74, 6) is -0.962. The monoisotopic (exact) mass is 511 g/mol. The molecule has 0 aromatic heterocycles. The number of carbonyl (C=O) groups excluding carboxylic acids is 1. The minimum Gasteiger partial charge on any atom is -0.493 e. The van der Waals surface area contributed by atoms with Gasteiger partial charge in [0.1, 0.15) is 18.0 Å². The predicted octanol–water partition coefficient (Wildman–Crippen LogP) is 5.19. The van der Waals surface area contributed by atoms with Crippen molar-refractivity contribution in [1.29, 1.82) is 0 Å². The fraction of sp³-hybridized carbons (Fsp3) is 0.286. The molecular formula is C28H27ClFNO5. The highest BCUT2D eigenvalue weighted by Crippen LogP contribution is 2.44. The van der Waals surface area contributed by atoms with Crippen molar-refractivity contribution in [3.63, 3.8) is 0 Å². The molecule has 3 aromatic rings. The molecule has 4 rings (SSSR count). The Hall–Kier alpha value is -3.58. The number of carboxylic acid groups (broad SMARTS) is 1. The van der Waals surface area contributed by atoms with Gasteiger partial charge < -0.3 is 19.5 Å². The minimum absolute atomic E-state index is 0.124. The number of fused-ring (bicyclic) bond motifs is 1. The molecule has 0 aliphatic carbocycles. The highest BCUT2D eigenvalue weighted by molar-refractivity contribution is 6.30. The fourth-order valence-corrected chi connectivity index (χ4v) is 4.68. The van der Waals surface area contributed by atoms with Gasteiger partial charge in [0.2, 0.25) is 0 Å². The lowest BCUT2D eigenvalue weighted by atomic mass is 9.91. The van der Waals surface area contributed by atoms with Crippen LogP contribution in [0.2, 0.25) is 5.02 Å². The van der Waals surface area contributed by atoms with Gasteiger partial charge in [-0.15, -0.1) is 0 Å². The lowest BCUT2D eigenvalue weighted by Crippen LogP contribution is -2.37. The van der Waals surface area contributed by atoms with E-state index in [4.69, 9.17) is 21.1 Å². The van der Waals surface area contributed by atoms with Crippen molar-refractivity contribution >= 4 is 23.5 Å². The van der Waals surface area contributed by atoms with Crippen LogP contribution in [0.4, 0.5) is 4.39 Å². The van der Waals surface area contributed by atoms with E-state index in [9.17, 15) is 19.1 Å². The van der Waals surface area contributed by atoms with Gasteiger partial charge in [0, 0.05) is 35.5 Å². The Balaban J connectivity index is 1.56. The molecule has 6 nitrogen and oxygen atoms in total. The Bertz CT molecular complexity index is 1280. The zero-order valence-electron chi connectivity index (χ0n) is 20.1. The number of carboxylic acids is 1. The molecule has 1 heterocycles. The van der Waals surface area contributed by atoms with Crippen LogP contribution in [0.5, 0.6) is 11.5 Å². The molecule has 1 amide bonds. The van der Waals surface area contributed by atoms with Crippen molar-refractivity contribution in [3.8, 4) is 11.5 Å². The summed E-state index contributed by atoms with van der Waals surface area (Å²) >= 11 is 6.01. The summed E-state index contributed by atoms with van der Waals surface area (Å²) in [5.41, 5.74) is 2.31. The molecule has 0 bridgehead atoms. The van der Waals surface area contributed by atoms with E-state index in [1.165, 1.54) is 24.1 Å². The number of aliphatic carboxylic acids is 1. The van der Waals surface area contributed by atoms with E-state index in [1.54, 1.807) is 24.3 Å². The molecule has 0 saturated carbocycles. The standard InChI is InChI=1S/C28H27ClFNO5/c1-28(15-19-6-8-22(29)9-7-19)16-21-13-20(14-24(35-2)26(21)36-28)27(34)31(17-25(32)33)11-10-18-4-3-5-23(30)12-18/h3-9,12-14H,10-11,15-17H2,1-2H3,(H,32,33)/t28-/m0/s1. The summed E-state index contributed by atoms with van der Waals surface area (Å²) < 4.78 is 25.4. The lowest BCUT2D eigenvalue weighted by molar-refractivity contribution is -0.137. The maximum absolute atomic E-state index is 13.5. The molecular weight excluding hydrogens is 485 g/mol. The van der Waals surface area contributed by atoms with E-state index in [1.807, 2.05) is 31.2 Å². The zero-order valence-corrected chi connectivity index (χ0v) is 20.8. The maximum Gasteiger partial charge on any atom is 0.323 e. The van der Waals surface area contributed by atoms with Gasteiger partial charge in [-0.1, -0.05) is 35.9 Å². The van der Waals surface area contributed by atoms with Crippen LogP contribution in [0.3, 0.4) is 0 Å². The Morgan fingerprint density at radius 3 is 2.56 bits per heavy atom. The average molecular weight is 512 g/mol. The molecule has 0 saturated heterocycles. The first kappa shape index (κ1) is 25.5. The Morgan fingerprint density at radius 1 is 1.14 bits per heavy atom. The van der Waals surface area contributed by atoms with Crippen molar-refractivity contribution in [2.75, 3.05) is 20.2 Å². The summed E-state index contributed by atoms with van der Waals surface area (Å²) in [4.78, 5) is 26.1. The largest absolute Gasteiger partial charge is 0.493 e. The van der Waals surface area contributed by atoms with Gasteiger partial charge in [-0.3, -0.25) is 9.59 Å². The second kappa shape index (κ2) is 10.6. The number of halogens is 2.